The van der Waals surface area contributed by atoms with Gasteiger partial charge in [-0.3, -0.25) is 0 Å². The minimum Gasteiger partial charge on any atom is -0.371 e. The second-order valence-corrected chi connectivity index (χ2v) is 7.16. The third-order valence-corrected chi connectivity index (χ3v) is 5.87. The van der Waals surface area contributed by atoms with Crippen molar-refractivity contribution in [3.8, 4) is 0 Å². The highest BCUT2D eigenvalue weighted by Gasteiger charge is 2.31. The first-order chi connectivity index (χ1) is 10.2. The Labute approximate surface area is 133 Å². The van der Waals surface area contributed by atoms with Crippen LogP contribution in [0.2, 0.25) is 5.02 Å². The molecular formula is C18H27ClN2. The summed E-state index contributed by atoms with van der Waals surface area (Å²) >= 11 is 6.49. The number of hydrogen-bond acceptors (Lipinski definition) is 2. The number of rotatable bonds is 3. The van der Waals surface area contributed by atoms with Crippen molar-refractivity contribution >= 4 is 17.3 Å². The highest BCUT2D eigenvalue weighted by Crippen LogP contribution is 2.38. The molecule has 0 bridgehead atoms. The van der Waals surface area contributed by atoms with Crippen molar-refractivity contribution in [1.29, 1.82) is 0 Å². The number of piperidine rings is 1. The van der Waals surface area contributed by atoms with Crippen molar-refractivity contribution in [3.05, 3.63) is 28.8 Å². The maximum absolute atomic E-state index is 6.49. The van der Waals surface area contributed by atoms with Gasteiger partial charge in [0, 0.05) is 29.8 Å². The SMILES string of the molecule is CNC(C)c1ccc(N2CCC3CCCCC3C2)cc1Cl. The molecule has 0 aromatic heterocycles. The Hall–Kier alpha value is -0.730. The second-order valence-electron chi connectivity index (χ2n) is 6.76. The van der Waals surface area contributed by atoms with E-state index in [0.29, 0.717) is 6.04 Å². The van der Waals surface area contributed by atoms with Crippen LogP contribution in [0.3, 0.4) is 0 Å². The van der Waals surface area contributed by atoms with Crippen molar-refractivity contribution in [2.24, 2.45) is 11.8 Å². The largest absolute Gasteiger partial charge is 0.371 e. The third-order valence-electron chi connectivity index (χ3n) is 5.54. The van der Waals surface area contributed by atoms with Gasteiger partial charge in [-0.2, -0.15) is 0 Å². The predicted molar refractivity (Wildman–Crippen MR) is 91.2 cm³/mol. The van der Waals surface area contributed by atoms with E-state index in [1.807, 2.05) is 7.05 Å². The maximum atomic E-state index is 6.49. The summed E-state index contributed by atoms with van der Waals surface area (Å²) in [6.45, 7) is 4.56. The fraction of sp³-hybridized carbons (Fsp3) is 0.667. The molecule has 1 aliphatic heterocycles. The van der Waals surface area contributed by atoms with E-state index < -0.39 is 0 Å². The zero-order valence-corrected chi connectivity index (χ0v) is 14.0. The topological polar surface area (TPSA) is 15.3 Å². The molecule has 1 aromatic carbocycles. The van der Waals surface area contributed by atoms with E-state index in [9.17, 15) is 0 Å². The molecule has 1 heterocycles. The molecule has 3 atom stereocenters. The Morgan fingerprint density at radius 1 is 1.19 bits per heavy atom. The molecule has 1 saturated heterocycles. The van der Waals surface area contributed by atoms with Crippen LogP contribution in [0.1, 0.15) is 50.6 Å². The van der Waals surface area contributed by atoms with E-state index in [2.05, 4.69) is 35.3 Å². The maximum Gasteiger partial charge on any atom is 0.0474 e. The molecule has 0 amide bonds. The van der Waals surface area contributed by atoms with Gasteiger partial charge in [0.15, 0.2) is 0 Å². The van der Waals surface area contributed by atoms with Gasteiger partial charge in [-0.1, -0.05) is 36.9 Å². The molecular weight excluding hydrogens is 280 g/mol. The van der Waals surface area contributed by atoms with Crippen molar-refractivity contribution in [2.75, 3.05) is 25.0 Å². The molecule has 0 spiro atoms. The summed E-state index contributed by atoms with van der Waals surface area (Å²) in [7, 11) is 1.97. The average Bonchev–Trinajstić information content (AvgIpc) is 2.53. The molecule has 21 heavy (non-hydrogen) atoms. The van der Waals surface area contributed by atoms with Gasteiger partial charge in [0.05, 0.1) is 0 Å². The number of benzene rings is 1. The number of fused-ring (bicyclic) bond motifs is 1. The molecule has 2 aliphatic rings. The monoisotopic (exact) mass is 306 g/mol. The third kappa shape index (κ3) is 3.22. The van der Waals surface area contributed by atoms with E-state index in [4.69, 9.17) is 11.6 Å². The molecule has 2 nitrogen and oxygen atoms in total. The number of anilines is 1. The molecule has 1 saturated carbocycles. The van der Waals surface area contributed by atoms with Crippen LogP contribution < -0.4 is 10.2 Å². The van der Waals surface area contributed by atoms with Gasteiger partial charge in [0.25, 0.3) is 0 Å². The lowest BCUT2D eigenvalue weighted by Crippen LogP contribution is -2.41. The van der Waals surface area contributed by atoms with Crippen molar-refractivity contribution in [2.45, 2.75) is 45.1 Å². The molecule has 0 radical (unpaired) electrons. The first kappa shape index (κ1) is 15.2. The van der Waals surface area contributed by atoms with Gasteiger partial charge in [0.1, 0.15) is 0 Å². The van der Waals surface area contributed by atoms with Crippen LogP contribution in [-0.4, -0.2) is 20.1 Å². The molecule has 2 fully saturated rings. The summed E-state index contributed by atoms with van der Waals surface area (Å²) in [5.74, 6) is 1.89. The van der Waals surface area contributed by atoms with Gasteiger partial charge >= 0.3 is 0 Å². The Balaban J connectivity index is 1.73. The fourth-order valence-corrected chi connectivity index (χ4v) is 4.39. The summed E-state index contributed by atoms with van der Waals surface area (Å²) in [5, 5.41) is 4.15. The Morgan fingerprint density at radius 3 is 2.67 bits per heavy atom. The highest BCUT2D eigenvalue weighted by atomic mass is 35.5. The molecule has 3 unspecified atom stereocenters. The zero-order chi connectivity index (χ0) is 14.8. The predicted octanol–water partition coefficient (Wildman–Crippen LogP) is 4.64. The molecule has 3 heteroatoms. The highest BCUT2D eigenvalue weighted by molar-refractivity contribution is 6.31. The van der Waals surface area contributed by atoms with E-state index in [1.165, 1.54) is 56.4 Å². The van der Waals surface area contributed by atoms with Crippen LogP contribution in [0.15, 0.2) is 18.2 Å². The summed E-state index contributed by atoms with van der Waals surface area (Å²) in [5.41, 5.74) is 2.49. The molecule has 116 valence electrons. The summed E-state index contributed by atoms with van der Waals surface area (Å²) in [6.07, 6.45) is 7.11. The number of nitrogens with zero attached hydrogens (tertiary/aromatic N) is 1. The quantitative estimate of drug-likeness (QED) is 0.875. The Kier molecular flexibility index (Phi) is 4.75. The summed E-state index contributed by atoms with van der Waals surface area (Å²) in [6, 6.07) is 6.90. The van der Waals surface area contributed by atoms with Crippen LogP contribution in [0.5, 0.6) is 0 Å². The van der Waals surface area contributed by atoms with E-state index in [0.717, 1.165) is 16.9 Å². The second kappa shape index (κ2) is 6.58. The van der Waals surface area contributed by atoms with Gasteiger partial charge < -0.3 is 10.2 Å². The van der Waals surface area contributed by atoms with Crippen LogP contribution in [0, 0.1) is 11.8 Å². The van der Waals surface area contributed by atoms with Crippen molar-refractivity contribution < 1.29 is 0 Å². The van der Waals surface area contributed by atoms with Gasteiger partial charge in [-0.05, 0) is 56.3 Å². The van der Waals surface area contributed by atoms with Crippen LogP contribution >= 0.6 is 11.6 Å². The lowest BCUT2D eigenvalue weighted by Gasteiger charge is -2.42. The van der Waals surface area contributed by atoms with Gasteiger partial charge in [-0.25, -0.2) is 0 Å². The van der Waals surface area contributed by atoms with Gasteiger partial charge in [-0.15, -0.1) is 0 Å². The average molecular weight is 307 g/mol. The lowest BCUT2D eigenvalue weighted by molar-refractivity contribution is 0.202. The summed E-state index contributed by atoms with van der Waals surface area (Å²) in [4.78, 5) is 2.55. The normalized spacial score (nSPS) is 27.3. The number of hydrogen-bond donors (Lipinski definition) is 1. The van der Waals surface area contributed by atoms with Crippen LogP contribution in [0.4, 0.5) is 5.69 Å². The Morgan fingerprint density at radius 2 is 1.95 bits per heavy atom. The van der Waals surface area contributed by atoms with Crippen LogP contribution in [0.25, 0.3) is 0 Å². The molecule has 3 rings (SSSR count). The van der Waals surface area contributed by atoms with Crippen molar-refractivity contribution in [1.82, 2.24) is 5.32 Å². The zero-order valence-electron chi connectivity index (χ0n) is 13.2. The standard InChI is InChI=1S/C18H27ClN2/c1-13(20-2)17-8-7-16(11-18(17)19)21-10-9-14-5-3-4-6-15(14)12-21/h7-8,11,13-15,20H,3-6,9-10,12H2,1-2H3. The van der Waals surface area contributed by atoms with E-state index in [-0.39, 0.29) is 0 Å². The molecule has 1 aliphatic carbocycles. The number of nitrogens with one attached hydrogen (secondary N) is 1. The first-order valence-corrected chi connectivity index (χ1v) is 8.78. The van der Waals surface area contributed by atoms with E-state index >= 15 is 0 Å². The Bertz CT molecular complexity index is 488. The lowest BCUT2D eigenvalue weighted by atomic mass is 9.75. The minimum absolute atomic E-state index is 0.302. The van der Waals surface area contributed by atoms with Gasteiger partial charge in [0.2, 0.25) is 0 Å². The summed E-state index contributed by atoms with van der Waals surface area (Å²) < 4.78 is 0. The van der Waals surface area contributed by atoms with Crippen LogP contribution in [-0.2, 0) is 0 Å². The molecule has 1 N–H and O–H groups in total. The smallest absolute Gasteiger partial charge is 0.0474 e. The first-order valence-electron chi connectivity index (χ1n) is 8.40. The fourth-order valence-electron chi connectivity index (χ4n) is 4.05. The van der Waals surface area contributed by atoms with E-state index in [1.54, 1.807) is 0 Å². The van der Waals surface area contributed by atoms with Crippen molar-refractivity contribution in [3.63, 3.8) is 0 Å². The number of halogens is 1. The molecule has 1 aromatic rings. The minimum atomic E-state index is 0.302.